The molecule has 0 aliphatic carbocycles. The fourth-order valence-electron chi connectivity index (χ4n) is 1.42. The first-order valence-corrected chi connectivity index (χ1v) is 4.56. The molecular formula is C12H8F2O2. The average molecular weight is 222 g/mol. The minimum absolute atomic E-state index is 0.180. The van der Waals surface area contributed by atoms with Gasteiger partial charge in [0.05, 0.1) is 0 Å². The largest absolute Gasteiger partial charge is 0.505 e. The van der Waals surface area contributed by atoms with Crippen LogP contribution >= 0.6 is 0 Å². The summed E-state index contributed by atoms with van der Waals surface area (Å²) in [6.07, 6.45) is 0. The molecule has 2 aromatic rings. The molecular weight excluding hydrogens is 214 g/mol. The second-order valence-corrected chi connectivity index (χ2v) is 3.30. The lowest BCUT2D eigenvalue weighted by Gasteiger charge is -2.06. The molecule has 0 saturated carbocycles. The molecule has 0 bridgehead atoms. The summed E-state index contributed by atoms with van der Waals surface area (Å²) in [5, 5.41) is 18.5. The van der Waals surface area contributed by atoms with E-state index in [0.29, 0.717) is 5.56 Å². The van der Waals surface area contributed by atoms with E-state index < -0.39 is 23.1 Å². The van der Waals surface area contributed by atoms with Crippen LogP contribution in [0.25, 0.3) is 11.1 Å². The molecule has 2 N–H and O–H groups in total. The van der Waals surface area contributed by atoms with E-state index in [2.05, 4.69) is 0 Å². The molecule has 2 rings (SSSR count). The van der Waals surface area contributed by atoms with E-state index in [-0.39, 0.29) is 5.56 Å². The summed E-state index contributed by atoms with van der Waals surface area (Å²) in [4.78, 5) is 0. The van der Waals surface area contributed by atoms with E-state index >= 15 is 0 Å². The highest BCUT2D eigenvalue weighted by molar-refractivity contribution is 5.70. The Hall–Kier alpha value is -2.10. The van der Waals surface area contributed by atoms with E-state index in [4.69, 9.17) is 5.11 Å². The lowest BCUT2D eigenvalue weighted by atomic mass is 10.0. The molecule has 4 heteroatoms. The zero-order valence-corrected chi connectivity index (χ0v) is 8.11. The highest BCUT2D eigenvalue weighted by Gasteiger charge is 2.10. The van der Waals surface area contributed by atoms with Crippen molar-refractivity contribution in [2.45, 2.75) is 0 Å². The van der Waals surface area contributed by atoms with Crippen molar-refractivity contribution >= 4 is 0 Å². The maximum Gasteiger partial charge on any atom is 0.165 e. The zero-order valence-electron chi connectivity index (χ0n) is 8.11. The number of phenols is 2. The van der Waals surface area contributed by atoms with E-state index in [0.717, 1.165) is 18.2 Å². The molecule has 2 aromatic carbocycles. The highest BCUT2D eigenvalue weighted by atomic mass is 19.1. The molecule has 0 fully saturated rings. The van der Waals surface area contributed by atoms with E-state index in [1.807, 2.05) is 0 Å². The van der Waals surface area contributed by atoms with Gasteiger partial charge < -0.3 is 10.2 Å². The van der Waals surface area contributed by atoms with Gasteiger partial charge in [-0.3, -0.25) is 0 Å². The van der Waals surface area contributed by atoms with Crippen molar-refractivity contribution in [3.8, 4) is 22.6 Å². The molecule has 0 unspecified atom stereocenters. The quantitative estimate of drug-likeness (QED) is 0.778. The summed E-state index contributed by atoms with van der Waals surface area (Å²) in [5.41, 5.74) is 0.478. The Bertz CT molecular complexity index is 539. The molecule has 0 heterocycles. The molecule has 0 amide bonds. The van der Waals surface area contributed by atoms with Gasteiger partial charge in [0.2, 0.25) is 0 Å². The van der Waals surface area contributed by atoms with E-state index in [1.54, 1.807) is 0 Å². The van der Waals surface area contributed by atoms with Crippen molar-refractivity contribution in [2.75, 3.05) is 0 Å². The number of hydrogen-bond donors (Lipinski definition) is 2. The van der Waals surface area contributed by atoms with Gasteiger partial charge in [0.1, 0.15) is 0 Å². The van der Waals surface area contributed by atoms with Crippen LogP contribution in [0.3, 0.4) is 0 Å². The van der Waals surface area contributed by atoms with Crippen molar-refractivity contribution in [1.29, 1.82) is 0 Å². The van der Waals surface area contributed by atoms with Crippen LogP contribution in [-0.2, 0) is 0 Å². The minimum Gasteiger partial charge on any atom is -0.505 e. The third-order valence-electron chi connectivity index (χ3n) is 2.25. The van der Waals surface area contributed by atoms with Crippen molar-refractivity contribution in [3.63, 3.8) is 0 Å². The van der Waals surface area contributed by atoms with Crippen LogP contribution in [0.4, 0.5) is 8.78 Å². The first-order chi connectivity index (χ1) is 7.59. The number of phenolic OH excluding ortho intramolecular Hbond substituents is 2. The van der Waals surface area contributed by atoms with Gasteiger partial charge in [-0.15, -0.1) is 0 Å². The van der Waals surface area contributed by atoms with Gasteiger partial charge in [0.25, 0.3) is 0 Å². The predicted octanol–water partition coefficient (Wildman–Crippen LogP) is 3.04. The first kappa shape index (κ1) is 10.4. The second kappa shape index (κ2) is 3.81. The molecule has 0 atom stereocenters. The Balaban J connectivity index is 2.59. The topological polar surface area (TPSA) is 40.5 Å². The monoisotopic (exact) mass is 222 g/mol. The molecule has 16 heavy (non-hydrogen) atoms. The van der Waals surface area contributed by atoms with Crippen LogP contribution in [-0.4, -0.2) is 10.2 Å². The number of halogens is 2. The zero-order chi connectivity index (χ0) is 11.7. The van der Waals surface area contributed by atoms with Crippen LogP contribution in [0.15, 0.2) is 36.4 Å². The van der Waals surface area contributed by atoms with Crippen LogP contribution in [0.1, 0.15) is 0 Å². The third kappa shape index (κ3) is 1.69. The summed E-state index contributed by atoms with van der Waals surface area (Å²) in [6.45, 7) is 0. The van der Waals surface area contributed by atoms with Crippen molar-refractivity contribution in [2.24, 2.45) is 0 Å². The SMILES string of the molecule is Oc1ccc(-c2cccc(F)c2O)cc1F. The van der Waals surface area contributed by atoms with Gasteiger partial charge in [-0.05, 0) is 23.8 Å². The Morgan fingerprint density at radius 2 is 1.62 bits per heavy atom. The number of aromatic hydroxyl groups is 2. The number of benzene rings is 2. The molecule has 0 saturated heterocycles. The smallest absolute Gasteiger partial charge is 0.165 e. The average Bonchev–Trinajstić information content (AvgIpc) is 2.26. The predicted molar refractivity (Wildman–Crippen MR) is 55.1 cm³/mol. The standard InChI is InChI=1S/C12H8F2O2/c13-9-3-1-2-8(12(9)16)7-4-5-11(15)10(14)6-7/h1-6,15-16H. The highest BCUT2D eigenvalue weighted by Crippen LogP contribution is 2.32. The van der Waals surface area contributed by atoms with Gasteiger partial charge in [0, 0.05) is 5.56 Å². The lowest BCUT2D eigenvalue weighted by Crippen LogP contribution is -1.84. The molecule has 0 aliphatic heterocycles. The van der Waals surface area contributed by atoms with Crippen molar-refractivity contribution in [1.82, 2.24) is 0 Å². The van der Waals surface area contributed by atoms with Gasteiger partial charge in [0.15, 0.2) is 23.1 Å². The molecule has 0 aromatic heterocycles. The van der Waals surface area contributed by atoms with Crippen LogP contribution in [0.2, 0.25) is 0 Å². The van der Waals surface area contributed by atoms with E-state index in [9.17, 15) is 13.9 Å². The molecule has 2 nitrogen and oxygen atoms in total. The van der Waals surface area contributed by atoms with Gasteiger partial charge in [-0.25, -0.2) is 8.78 Å². The van der Waals surface area contributed by atoms with Crippen molar-refractivity contribution in [3.05, 3.63) is 48.0 Å². The maximum atomic E-state index is 13.1. The van der Waals surface area contributed by atoms with Gasteiger partial charge in [-0.1, -0.05) is 18.2 Å². The normalized spacial score (nSPS) is 10.4. The second-order valence-electron chi connectivity index (χ2n) is 3.30. The summed E-state index contributed by atoms with van der Waals surface area (Å²) in [5.74, 6) is -2.61. The Morgan fingerprint density at radius 1 is 0.875 bits per heavy atom. The lowest BCUT2D eigenvalue weighted by molar-refractivity contribution is 0.431. The number of hydrogen-bond acceptors (Lipinski definition) is 2. The summed E-state index contributed by atoms with van der Waals surface area (Å²) >= 11 is 0. The molecule has 0 spiro atoms. The van der Waals surface area contributed by atoms with Gasteiger partial charge >= 0.3 is 0 Å². The molecule has 0 aliphatic rings. The molecule has 82 valence electrons. The van der Waals surface area contributed by atoms with Crippen LogP contribution in [0.5, 0.6) is 11.5 Å². The Labute approximate surface area is 90.4 Å². The van der Waals surface area contributed by atoms with E-state index in [1.165, 1.54) is 18.2 Å². The maximum absolute atomic E-state index is 13.1. The fourth-order valence-corrected chi connectivity index (χ4v) is 1.42. The van der Waals surface area contributed by atoms with Crippen LogP contribution < -0.4 is 0 Å². The summed E-state index contributed by atoms with van der Waals surface area (Å²) in [7, 11) is 0. The van der Waals surface area contributed by atoms with Crippen LogP contribution in [0, 0.1) is 11.6 Å². The Kier molecular flexibility index (Phi) is 2.48. The Morgan fingerprint density at radius 3 is 2.31 bits per heavy atom. The number of para-hydroxylation sites is 1. The summed E-state index contributed by atoms with van der Waals surface area (Å²) < 4.78 is 26.1. The molecule has 0 radical (unpaired) electrons. The summed E-state index contributed by atoms with van der Waals surface area (Å²) in [6, 6.07) is 7.56. The minimum atomic E-state index is -0.818. The van der Waals surface area contributed by atoms with Crippen molar-refractivity contribution < 1.29 is 19.0 Å². The first-order valence-electron chi connectivity index (χ1n) is 4.56. The fraction of sp³-hybridized carbons (Fsp3) is 0. The number of rotatable bonds is 1. The van der Waals surface area contributed by atoms with Gasteiger partial charge in [-0.2, -0.15) is 0 Å². The third-order valence-corrected chi connectivity index (χ3v) is 2.25.